The van der Waals surface area contributed by atoms with E-state index in [1.54, 1.807) is 20.4 Å². The van der Waals surface area contributed by atoms with E-state index in [1.165, 1.54) is 0 Å². The van der Waals surface area contributed by atoms with Gasteiger partial charge in [0, 0.05) is 28.5 Å². The number of nitrogens with one attached hydrogen (secondary N) is 1. The van der Waals surface area contributed by atoms with Gasteiger partial charge in [0.05, 0.1) is 30.6 Å². The molecule has 0 fully saturated rings. The summed E-state index contributed by atoms with van der Waals surface area (Å²) in [7, 11) is 3.21. The van der Waals surface area contributed by atoms with Crippen molar-refractivity contribution in [2.45, 2.75) is 7.43 Å². The average molecular weight is 476 g/mol. The van der Waals surface area contributed by atoms with Crippen LogP contribution < -0.4 is 14.8 Å². The molecule has 1 N–H and O–H groups in total. The van der Waals surface area contributed by atoms with Gasteiger partial charge in [-0.15, -0.1) is 0 Å². The fourth-order valence-electron chi connectivity index (χ4n) is 2.87. The van der Waals surface area contributed by atoms with Crippen molar-refractivity contribution in [2.75, 3.05) is 19.5 Å². The molecule has 0 aliphatic rings. The fourth-order valence-corrected chi connectivity index (χ4v) is 3.59. The normalized spacial score (nSPS) is 10.5. The highest BCUT2D eigenvalue weighted by Gasteiger charge is 2.12. The summed E-state index contributed by atoms with van der Waals surface area (Å²) in [6.45, 7) is 0. The smallest absolute Gasteiger partial charge is 0.213 e. The summed E-state index contributed by atoms with van der Waals surface area (Å²) in [5.74, 6) is 1.90. The molecule has 29 heavy (non-hydrogen) atoms. The van der Waals surface area contributed by atoms with Crippen molar-refractivity contribution in [1.29, 1.82) is 0 Å². The molecule has 4 rings (SSSR count). The number of nitrogens with zero attached hydrogens (tertiary/aromatic N) is 3. The van der Waals surface area contributed by atoms with Gasteiger partial charge >= 0.3 is 0 Å². The van der Waals surface area contributed by atoms with Crippen LogP contribution in [-0.2, 0) is 0 Å². The Hall–Kier alpha value is -2.77. The van der Waals surface area contributed by atoms with Crippen LogP contribution in [0.25, 0.3) is 16.9 Å². The van der Waals surface area contributed by atoms with Crippen molar-refractivity contribution in [3.8, 4) is 22.8 Å². The Balaban J connectivity index is 0.00000240. The monoisotopic (exact) mass is 474 g/mol. The van der Waals surface area contributed by atoms with Gasteiger partial charge in [-0.05, 0) is 36.4 Å². The Morgan fingerprint density at radius 1 is 1.03 bits per heavy atom. The molecule has 0 aliphatic heterocycles. The number of hydrogen-bond acceptors (Lipinski definition) is 5. The van der Waals surface area contributed by atoms with Gasteiger partial charge < -0.3 is 14.8 Å². The molecule has 0 unspecified atom stereocenters. The number of benzene rings is 2. The first-order valence-corrected chi connectivity index (χ1v) is 9.54. The van der Waals surface area contributed by atoms with Crippen LogP contribution in [0.1, 0.15) is 7.43 Å². The van der Waals surface area contributed by atoms with Crippen LogP contribution in [0.15, 0.2) is 59.3 Å². The van der Waals surface area contributed by atoms with Gasteiger partial charge in [-0.1, -0.05) is 35.0 Å². The van der Waals surface area contributed by atoms with E-state index >= 15 is 0 Å². The summed E-state index contributed by atoms with van der Waals surface area (Å²) in [5.41, 5.74) is 3.14. The summed E-state index contributed by atoms with van der Waals surface area (Å²) in [6.07, 6.45) is 3.57. The van der Waals surface area contributed by atoms with Crippen molar-refractivity contribution in [3.63, 3.8) is 0 Å². The van der Waals surface area contributed by atoms with Crippen molar-refractivity contribution in [2.24, 2.45) is 0 Å². The summed E-state index contributed by atoms with van der Waals surface area (Å²) >= 11 is 9.78. The molecular formula is C21H20BrClN4O2. The van der Waals surface area contributed by atoms with Gasteiger partial charge in [-0.2, -0.15) is 0 Å². The minimum Gasteiger partial charge on any atom is -0.493 e. The second kappa shape index (κ2) is 8.71. The van der Waals surface area contributed by atoms with Crippen LogP contribution in [0.5, 0.6) is 11.5 Å². The molecular weight excluding hydrogens is 456 g/mol. The molecule has 150 valence electrons. The summed E-state index contributed by atoms with van der Waals surface area (Å²) in [5, 5.41) is 3.88. The lowest BCUT2D eigenvalue weighted by Crippen LogP contribution is -2.03. The number of halogens is 2. The molecule has 8 heteroatoms. The summed E-state index contributed by atoms with van der Waals surface area (Å²) in [4.78, 5) is 9.18. The van der Waals surface area contributed by atoms with E-state index in [4.69, 9.17) is 26.1 Å². The molecule has 0 saturated carbocycles. The van der Waals surface area contributed by atoms with Crippen molar-refractivity contribution < 1.29 is 9.47 Å². The zero-order valence-corrected chi connectivity index (χ0v) is 17.5. The lowest BCUT2D eigenvalue weighted by atomic mass is 10.1. The molecule has 2 aromatic carbocycles. The van der Waals surface area contributed by atoms with E-state index in [9.17, 15) is 0 Å². The van der Waals surface area contributed by atoms with Crippen molar-refractivity contribution in [3.05, 3.63) is 64.4 Å². The molecule has 4 aromatic rings. The van der Waals surface area contributed by atoms with Crippen LogP contribution >= 0.6 is 27.5 Å². The molecule has 0 spiro atoms. The third kappa shape index (κ3) is 4.16. The van der Waals surface area contributed by atoms with Gasteiger partial charge in [-0.3, -0.25) is 4.40 Å². The molecule has 0 bridgehead atoms. The minimum atomic E-state index is 0. The molecule has 0 atom stereocenters. The van der Waals surface area contributed by atoms with E-state index in [2.05, 4.69) is 26.2 Å². The zero-order chi connectivity index (χ0) is 19.7. The number of fused-ring (bicyclic) bond motifs is 1. The van der Waals surface area contributed by atoms with Crippen LogP contribution in [0.2, 0.25) is 5.02 Å². The maximum atomic E-state index is 6.36. The van der Waals surface area contributed by atoms with Gasteiger partial charge in [0.15, 0.2) is 11.5 Å². The van der Waals surface area contributed by atoms with Crippen LogP contribution in [0.3, 0.4) is 0 Å². The van der Waals surface area contributed by atoms with Gasteiger partial charge in [-0.25, -0.2) is 9.97 Å². The summed E-state index contributed by atoms with van der Waals surface area (Å²) < 4.78 is 13.5. The second-order valence-corrected chi connectivity index (χ2v) is 7.26. The molecule has 6 nitrogen and oxygen atoms in total. The van der Waals surface area contributed by atoms with Gasteiger partial charge in [0.25, 0.3) is 0 Å². The number of anilines is 2. The van der Waals surface area contributed by atoms with Gasteiger partial charge in [0.2, 0.25) is 5.95 Å². The third-order valence-electron chi connectivity index (χ3n) is 4.25. The standard InChI is InChI=1S/C20H16BrClN4O2.CH4/c1-27-17-6-3-12(9-18(17)28-2)16-11-19-23-7-8-26(19)20(25-16)24-15-5-4-13(21)10-14(15)22;/h3-11H,1-2H3,(H,24,25);1H4. The number of ether oxygens (including phenoxy) is 2. The Morgan fingerprint density at radius 3 is 2.55 bits per heavy atom. The Morgan fingerprint density at radius 2 is 1.83 bits per heavy atom. The highest BCUT2D eigenvalue weighted by molar-refractivity contribution is 9.10. The maximum absolute atomic E-state index is 6.36. The molecule has 2 heterocycles. The fraction of sp³-hybridized carbons (Fsp3) is 0.143. The lowest BCUT2D eigenvalue weighted by Gasteiger charge is -2.13. The first-order valence-electron chi connectivity index (χ1n) is 8.37. The van der Waals surface area contributed by atoms with E-state index < -0.39 is 0 Å². The van der Waals surface area contributed by atoms with E-state index in [-0.39, 0.29) is 7.43 Å². The predicted molar refractivity (Wildman–Crippen MR) is 121 cm³/mol. The number of methoxy groups -OCH3 is 2. The molecule has 0 radical (unpaired) electrons. The highest BCUT2D eigenvalue weighted by atomic mass is 79.9. The Labute approximate surface area is 182 Å². The highest BCUT2D eigenvalue weighted by Crippen LogP contribution is 2.33. The Kier molecular flexibility index (Phi) is 6.30. The third-order valence-corrected chi connectivity index (χ3v) is 5.05. The predicted octanol–water partition coefficient (Wildman–Crippen LogP) is 6.21. The number of rotatable bonds is 5. The maximum Gasteiger partial charge on any atom is 0.213 e. The topological polar surface area (TPSA) is 60.7 Å². The molecule has 0 saturated heterocycles. The largest absolute Gasteiger partial charge is 0.493 e. The van der Waals surface area contributed by atoms with E-state index in [0.717, 1.165) is 27.1 Å². The lowest BCUT2D eigenvalue weighted by molar-refractivity contribution is 0.355. The van der Waals surface area contributed by atoms with Crippen LogP contribution in [0.4, 0.5) is 11.6 Å². The number of aromatic nitrogens is 3. The molecule has 0 amide bonds. The number of hydrogen-bond donors (Lipinski definition) is 1. The minimum absolute atomic E-state index is 0. The zero-order valence-electron chi connectivity index (χ0n) is 15.1. The summed E-state index contributed by atoms with van der Waals surface area (Å²) in [6, 6.07) is 13.2. The molecule has 0 aliphatic carbocycles. The average Bonchev–Trinajstić information content (AvgIpc) is 3.18. The quantitative estimate of drug-likeness (QED) is 0.372. The number of imidazole rings is 1. The second-order valence-electron chi connectivity index (χ2n) is 5.94. The van der Waals surface area contributed by atoms with Crippen molar-refractivity contribution in [1.82, 2.24) is 14.4 Å². The van der Waals surface area contributed by atoms with Crippen molar-refractivity contribution >= 4 is 44.8 Å². The van der Waals surface area contributed by atoms with E-state index in [0.29, 0.717) is 22.5 Å². The van der Waals surface area contributed by atoms with Crippen LogP contribution in [-0.4, -0.2) is 28.6 Å². The van der Waals surface area contributed by atoms with Crippen LogP contribution in [0, 0.1) is 0 Å². The molecule has 2 aromatic heterocycles. The first kappa shape index (κ1) is 21.0. The van der Waals surface area contributed by atoms with E-state index in [1.807, 2.05) is 53.1 Å². The Bertz CT molecular complexity index is 1160. The van der Waals surface area contributed by atoms with Gasteiger partial charge in [0.1, 0.15) is 5.65 Å². The first-order chi connectivity index (χ1) is 13.6. The SMILES string of the molecule is C.COc1ccc(-c2cc3nccn3c(Nc3ccc(Br)cc3Cl)n2)cc1OC.